The average molecular weight is 258 g/mol. The van der Waals surface area contributed by atoms with Crippen LogP contribution >= 0.6 is 0 Å². The molecule has 100 valence electrons. The minimum absolute atomic E-state index is 0.252. The molecule has 0 saturated heterocycles. The number of aryl methyl sites for hydroxylation is 1. The topological polar surface area (TPSA) is 52.0 Å². The van der Waals surface area contributed by atoms with Crippen LogP contribution in [0, 0.1) is 0 Å². The lowest BCUT2D eigenvalue weighted by atomic mass is 9.99. The van der Waals surface area contributed by atoms with Crippen molar-refractivity contribution in [3.8, 4) is 5.75 Å². The lowest BCUT2D eigenvalue weighted by molar-refractivity contribution is 0.356. The van der Waals surface area contributed by atoms with Gasteiger partial charge in [-0.25, -0.2) is 0 Å². The van der Waals surface area contributed by atoms with Crippen LogP contribution in [0.5, 0.6) is 5.75 Å². The predicted molar refractivity (Wildman–Crippen MR) is 72.1 cm³/mol. The van der Waals surface area contributed by atoms with E-state index in [9.17, 15) is 0 Å². The van der Waals surface area contributed by atoms with Crippen LogP contribution in [0.3, 0.4) is 0 Å². The minimum Gasteiger partial charge on any atom is -0.493 e. The molecule has 3 rings (SSSR count). The van der Waals surface area contributed by atoms with Gasteiger partial charge >= 0.3 is 0 Å². The first-order valence-corrected chi connectivity index (χ1v) is 6.54. The van der Waals surface area contributed by atoms with Gasteiger partial charge in [-0.3, -0.25) is 4.68 Å². The van der Waals surface area contributed by atoms with Crippen molar-refractivity contribution in [2.24, 2.45) is 7.05 Å². The van der Waals surface area contributed by atoms with Gasteiger partial charge in [-0.05, 0) is 24.2 Å². The van der Waals surface area contributed by atoms with Crippen LogP contribution in [-0.2, 0) is 19.9 Å². The maximum Gasteiger partial charge on any atom is 0.122 e. The Kier molecular flexibility index (Phi) is 3.21. The third kappa shape index (κ3) is 2.46. The summed E-state index contributed by atoms with van der Waals surface area (Å²) in [6, 6.07) is 6.68. The van der Waals surface area contributed by atoms with Crippen LogP contribution in [0.1, 0.15) is 22.9 Å². The van der Waals surface area contributed by atoms with E-state index >= 15 is 0 Å². The van der Waals surface area contributed by atoms with E-state index in [2.05, 4.69) is 33.8 Å². The molecule has 0 saturated carbocycles. The number of hydrogen-bond acceptors (Lipinski definition) is 4. The zero-order valence-corrected chi connectivity index (χ0v) is 11.3. The molecule has 2 aromatic rings. The number of hydrogen-bond donors (Lipinski definition) is 1. The summed E-state index contributed by atoms with van der Waals surface area (Å²) in [5.41, 5.74) is 3.58. The van der Waals surface area contributed by atoms with E-state index < -0.39 is 0 Å². The molecule has 19 heavy (non-hydrogen) atoms. The molecule has 0 spiro atoms. The van der Waals surface area contributed by atoms with Gasteiger partial charge in [0.2, 0.25) is 0 Å². The standard InChI is InChI=1S/C14H18N4O/c1-15-13(8-12-9-18(2)17-16-12)10-3-4-14-11(7-10)5-6-19-14/h3-4,7,9,13,15H,5-6,8H2,1-2H3. The molecule has 5 nitrogen and oxygen atoms in total. The first kappa shape index (κ1) is 12.2. The molecular formula is C14H18N4O. The van der Waals surface area contributed by atoms with Gasteiger partial charge in [-0.15, -0.1) is 5.10 Å². The molecule has 0 amide bonds. The smallest absolute Gasteiger partial charge is 0.122 e. The number of benzene rings is 1. The molecule has 1 N–H and O–H groups in total. The Labute approximate surface area is 112 Å². The fourth-order valence-corrected chi connectivity index (χ4v) is 2.51. The Morgan fingerprint density at radius 3 is 3.11 bits per heavy atom. The highest BCUT2D eigenvalue weighted by atomic mass is 16.5. The summed E-state index contributed by atoms with van der Waals surface area (Å²) in [5, 5.41) is 11.5. The Morgan fingerprint density at radius 2 is 2.37 bits per heavy atom. The summed E-state index contributed by atoms with van der Waals surface area (Å²) >= 11 is 0. The molecule has 1 unspecified atom stereocenters. The van der Waals surface area contributed by atoms with E-state index in [1.165, 1.54) is 11.1 Å². The van der Waals surface area contributed by atoms with Gasteiger partial charge in [0.05, 0.1) is 12.3 Å². The van der Waals surface area contributed by atoms with Crippen molar-refractivity contribution in [2.75, 3.05) is 13.7 Å². The molecule has 2 heterocycles. The molecule has 5 heteroatoms. The first-order valence-electron chi connectivity index (χ1n) is 6.54. The second kappa shape index (κ2) is 5.01. The van der Waals surface area contributed by atoms with Gasteiger partial charge < -0.3 is 10.1 Å². The number of nitrogens with zero attached hydrogens (tertiary/aromatic N) is 3. The van der Waals surface area contributed by atoms with E-state index in [0.717, 1.165) is 30.9 Å². The van der Waals surface area contributed by atoms with Crippen molar-refractivity contribution < 1.29 is 4.74 Å². The molecule has 1 aromatic heterocycles. The average Bonchev–Trinajstić information content (AvgIpc) is 3.03. The summed E-state index contributed by atoms with van der Waals surface area (Å²) < 4.78 is 7.28. The van der Waals surface area contributed by atoms with Crippen molar-refractivity contribution in [1.29, 1.82) is 0 Å². The van der Waals surface area contributed by atoms with E-state index in [1.807, 2.05) is 20.3 Å². The number of ether oxygens (including phenoxy) is 1. The van der Waals surface area contributed by atoms with E-state index in [-0.39, 0.29) is 6.04 Å². The van der Waals surface area contributed by atoms with Crippen LogP contribution in [0.15, 0.2) is 24.4 Å². The molecule has 0 bridgehead atoms. The van der Waals surface area contributed by atoms with Gasteiger partial charge in [0.25, 0.3) is 0 Å². The normalized spacial score (nSPS) is 15.1. The van der Waals surface area contributed by atoms with Crippen LogP contribution in [0.2, 0.25) is 0 Å². The fourth-order valence-electron chi connectivity index (χ4n) is 2.51. The highest BCUT2D eigenvalue weighted by Gasteiger charge is 2.17. The maximum absolute atomic E-state index is 5.54. The maximum atomic E-state index is 5.54. The van der Waals surface area contributed by atoms with E-state index in [1.54, 1.807) is 4.68 Å². The van der Waals surface area contributed by atoms with Crippen molar-refractivity contribution in [3.05, 3.63) is 41.2 Å². The van der Waals surface area contributed by atoms with Crippen molar-refractivity contribution in [1.82, 2.24) is 20.3 Å². The van der Waals surface area contributed by atoms with Crippen LogP contribution in [0.4, 0.5) is 0 Å². The number of aromatic nitrogens is 3. The van der Waals surface area contributed by atoms with Crippen molar-refractivity contribution in [3.63, 3.8) is 0 Å². The quantitative estimate of drug-likeness (QED) is 0.897. The lowest BCUT2D eigenvalue weighted by Gasteiger charge is -2.16. The molecule has 1 aliphatic heterocycles. The number of fused-ring (bicyclic) bond motifs is 1. The summed E-state index contributed by atoms with van der Waals surface area (Å²) in [6.45, 7) is 0.799. The minimum atomic E-state index is 0.252. The Bertz CT molecular complexity index is 579. The summed E-state index contributed by atoms with van der Waals surface area (Å²) in [5.74, 6) is 1.03. The van der Waals surface area contributed by atoms with E-state index in [0.29, 0.717) is 0 Å². The molecule has 1 atom stereocenters. The lowest BCUT2D eigenvalue weighted by Crippen LogP contribution is -2.19. The zero-order chi connectivity index (χ0) is 13.2. The van der Waals surface area contributed by atoms with Gasteiger partial charge in [0, 0.05) is 32.1 Å². The Hall–Kier alpha value is -1.88. The number of likely N-dealkylation sites (N-methyl/N-ethyl adjacent to an activating group) is 1. The third-order valence-electron chi connectivity index (χ3n) is 3.53. The van der Waals surface area contributed by atoms with Crippen molar-refractivity contribution >= 4 is 0 Å². The van der Waals surface area contributed by atoms with Gasteiger partial charge in [0.15, 0.2) is 0 Å². The predicted octanol–water partition coefficient (Wildman–Crippen LogP) is 1.25. The zero-order valence-electron chi connectivity index (χ0n) is 11.3. The number of rotatable bonds is 4. The summed E-state index contributed by atoms with van der Waals surface area (Å²) in [4.78, 5) is 0. The molecule has 0 fully saturated rings. The molecule has 0 radical (unpaired) electrons. The van der Waals surface area contributed by atoms with Gasteiger partial charge in [-0.1, -0.05) is 17.3 Å². The molecule has 0 aliphatic carbocycles. The largest absolute Gasteiger partial charge is 0.493 e. The second-order valence-corrected chi connectivity index (χ2v) is 4.89. The molecule has 1 aliphatic rings. The van der Waals surface area contributed by atoms with Crippen LogP contribution in [0.25, 0.3) is 0 Å². The summed E-state index contributed by atoms with van der Waals surface area (Å²) in [7, 11) is 3.86. The van der Waals surface area contributed by atoms with Crippen LogP contribution in [-0.4, -0.2) is 28.6 Å². The third-order valence-corrected chi connectivity index (χ3v) is 3.53. The van der Waals surface area contributed by atoms with Crippen molar-refractivity contribution in [2.45, 2.75) is 18.9 Å². The fraction of sp³-hybridized carbons (Fsp3) is 0.429. The number of nitrogens with one attached hydrogen (secondary N) is 1. The molecular weight excluding hydrogens is 240 g/mol. The SMILES string of the molecule is CNC(Cc1cn(C)nn1)c1ccc2c(c1)CCO2. The molecule has 1 aromatic carbocycles. The monoisotopic (exact) mass is 258 g/mol. The Morgan fingerprint density at radius 1 is 1.47 bits per heavy atom. The van der Waals surface area contributed by atoms with Crippen LogP contribution < -0.4 is 10.1 Å². The first-order chi connectivity index (χ1) is 9.26. The summed E-state index contributed by atoms with van der Waals surface area (Å²) in [6.07, 6.45) is 3.80. The van der Waals surface area contributed by atoms with Gasteiger partial charge in [-0.2, -0.15) is 0 Å². The van der Waals surface area contributed by atoms with E-state index in [4.69, 9.17) is 4.74 Å². The highest BCUT2D eigenvalue weighted by Crippen LogP contribution is 2.28. The Balaban J connectivity index is 1.82. The second-order valence-electron chi connectivity index (χ2n) is 4.89. The van der Waals surface area contributed by atoms with Gasteiger partial charge in [0.1, 0.15) is 5.75 Å². The highest BCUT2D eigenvalue weighted by molar-refractivity contribution is 5.41.